The molecule has 0 radical (unpaired) electrons. The van der Waals surface area contributed by atoms with E-state index in [4.69, 9.17) is 21.1 Å². The van der Waals surface area contributed by atoms with E-state index in [1.165, 1.54) is 4.57 Å². The molecule has 2 aliphatic rings. The third-order valence-corrected chi connectivity index (χ3v) is 6.77. The lowest BCUT2D eigenvalue weighted by molar-refractivity contribution is 0.171. The van der Waals surface area contributed by atoms with E-state index in [-0.39, 0.29) is 50.2 Å². The number of fused-ring (bicyclic) bond motifs is 2. The normalized spacial score (nSPS) is 19.3. The Kier molecular flexibility index (Phi) is 6.00. The number of rotatable bonds is 7. The molecule has 3 N–H and O–H groups in total. The molecular formula is C22H26ClN5O6. The van der Waals surface area contributed by atoms with E-state index in [9.17, 15) is 19.8 Å². The minimum atomic E-state index is -0.547. The zero-order valence-electron chi connectivity index (χ0n) is 18.7. The van der Waals surface area contributed by atoms with Gasteiger partial charge in [-0.05, 0) is 37.8 Å². The summed E-state index contributed by atoms with van der Waals surface area (Å²) in [6, 6.07) is 3.18. The number of aromatic nitrogens is 4. The van der Waals surface area contributed by atoms with E-state index < -0.39 is 17.4 Å². The molecule has 1 aliphatic heterocycles. The highest BCUT2D eigenvalue weighted by atomic mass is 35.5. The van der Waals surface area contributed by atoms with Crippen LogP contribution in [0.3, 0.4) is 0 Å². The van der Waals surface area contributed by atoms with Gasteiger partial charge < -0.3 is 25.0 Å². The molecule has 0 bridgehead atoms. The Balaban J connectivity index is 1.72. The van der Waals surface area contributed by atoms with Gasteiger partial charge >= 0.3 is 5.69 Å². The SMILES string of the molecule is CCn1c(=O)c2c(nc(NC3CCCC3O)n2Cc2cc3c(cc2Cl)OCO3)n(CCO)c1=O. The fourth-order valence-corrected chi connectivity index (χ4v) is 4.87. The van der Waals surface area contributed by atoms with Gasteiger partial charge in [-0.25, -0.2) is 4.79 Å². The molecule has 0 saturated heterocycles. The van der Waals surface area contributed by atoms with Crippen molar-refractivity contribution in [3.8, 4) is 11.5 Å². The molecule has 3 heterocycles. The molecule has 5 rings (SSSR count). The van der Waals surface area contributed by atoms with E-state index in [0.29, 0.717) is 34.5 Å². The van der Waals surface area contributed by atoms with Gasteiger partial charge in [-0.2, -0.15) is 4.98 Å². The van der Waals surface area contributed by atoms with Gasteiger partial charge in [0.05, 0.1) is 31.8 Å². The van der Waals surface area contributed by atoms with E-state index in [1.54, 1.807) is 23.6 Å². The molecule has 0 amide bonds. The third-order valence-electron chi connectivity index (χ3n) is 6.42. The maximum atomic E-state index is 13.4. The molecule has 12 heteroatoms. The van der Waals surface area contributed by atoms with Crippen LogP contribution in [0.25, 0.3) is 11.2 Å². The number of nitrogens with one attached hydrogen (secondary N) is 1. The van der Waals surface area contributed by atoms with Crippen LogP contribution in [0.2, 0.25) is 5.02 Å². The first-order valence-electron chi connectivity index (χ1n) is 11.3. The summed E-state index contributed by atoms with van der Waals surface area (Å²) in [5.41, 5.74) is 0.0233. The Morgan fingerprint density at radius 2 is 1.94 bits per heavy atom. The maximum Gasteiger partial charge on any atom is 0.332 e. The standard InChI is InChI=1S/C22H26ClN5O6/c1-2-26-20(31)18-19(27(6-7-29)22(26)32)25-21(24-14-4-3-5-15(14)30)28(18)10-12-8-16-17(9-13(12)23)34-11-33-16/h8-9,14-15,29-30H,2-7,10-11H2,1H3,(H,24,25). The summed E-state index contributed by atoms with van der Waals surface area (Å²) in [5, 5.41) is 23.6. The average molecular weight is 492 g/mol. The smallest absolute Gasteiger partial charge is 0.332 e. The monoisotopic (exact) mass is 491 g/mol. The van der Waals surface area contributed by atoms with Gasteiger partial charge in [0.15, 0.2) is 22.7 Å². The van der Waals surface area contributed by atoms with Crippen LogP contribution in [0.15, 0.2) is 21.7 Å². The van der Waals surface area contributed by atoms with Crippen LogP contribution in [0.4, 0.5) is 5.95 Å². The molecule has 2 aromatic heterocycles. The molecule has 3 aromatic rings. The molecule has 0 spiro atoms. The van der Waals surface area contributed by atoms with E-state index >= 15 is 0 Å². The largest absolute Gasteiger partial charge is 0.454 e. The fourth-order valence-electron chi connectivity index (χ4n) is 4.66. The molecule has 1 aromatic carbocycles. The van der Waals surface area contributed by atoms with Crippen LogP contribution in [0.5, 0.6) is 11.5 Å². The Labute approximate surface area is 199 Å². The van der Waals surface area contributed by atoms with Gasteiger partial charge in [0.1, 0.15) is 0 Å². The molecular weight excluding hydrogens is 466 g/mol. The van der Waals surface area contributed by atoms with Crippen molar-refractivity contribution in [1.29, 1.82) is 0 Å². The van der Waals surface area contributed by atoms with Crippen LogP contribution in [-0.2, 0) is 19.6 Å². The van der Waals surface area contributed by atoms with Crippen molar-refractivity contribution in [3.63, 3.8) is 0 Å². The molecule has 34 heavy (non-hydrogen) atoms. The molecule has 2 unspecified atom stereocenters. The predicted molar refractivity (Wildman–Crippen MR) is 125 cm³/mol. The third kappa shape index (κ3) is 3.73. The summed E-state index contributed by atoms with van der Waals surface area (Å²) in [6.45, 7) is 1.84. The Morgan fingerprint density at radius 1 is 1.18 bits per heavy atom. The number of imidazole rings is 1. The minimum Gasteiger partial charge on any atom is -0.454 e. The first-order chi connectivity index (χ1) is 16.4. The van der Waals surface area contributed by atoms with Gasteiger partial charge in [-0.15, -0.1) is 0 Å². The second-order valence-corrected chi connectivity index (χ2v) is 8.85. The van der Waals surface area contributed by atoms with Gasteiger partial charge in [-0.1, -0.05) is 11.6 Å². The number of aliphatic hydroxyl groups excluding tert-OH is 2. The Hall–Kier alpha value is -3.02. The number of aliphatic hydroxyl groups is 2. The van der Waals surface area contributed by atoms with Crippen LogP contribution >= 0.6 is 11.6 Å². The van der Waals surface area contributed by atoms with Crippen LogP contribution in [0.1, 0.15) is 31.7 Å². The summed E-state index contributed by atoms with van der Waals surface area (Å²) in [6.07, 6.45) is 1.74. The zero-order valence-corrected chi connectivity index (χ0v) is 19.4. The molecule has 1 fully saturated rings. The lowest BCUT2D eigenvalue weighted by Gasteiger charge is -2.18. The first kappa shape index (κ1) is 22.8. The van der Waals surface area contributed by atoms with E-state index in [1.807, 2.05) is 0 Å². The highest BCUT2D eigenvalue weighted by molar-refractivity contribution is 6.31. The van der Waals surface area contributed by atoms with E-state index in [2.05, 4.69) is 10.3 Å². The highest BCUT2D eigenvalue weighted by Crippen LogP contribution is 2.37. The topological polar surface area (TPSA) is 133 Å². The van der Waals surface area contributed by atoms with Crippen molar-refractivity contribution >= 4 is 28.7 Å². The number of nitrogens with zero attached hydrogens (tertiary/aromatic N) is 4. The highest BCUT2D eigenvalue weighted by Gasteiger charge is 2.29. The van der Waals surface area contributed by atoms with Crippen molar-refractivity contribution in [2.45, 2.75) is 58.0 Å². The predicted octanol–water partition coefficient (Wildman–Crippen LogP) is 1.13. The summed E-state index contributed by atoms with van der Waals surface area (Å²) >= 11 is 6.53. The lowest BCUT2D eigenvalue weighted by atomic mass is 10.2. The zero-order chi connectivity index (χ0) is 24.0. The summed E-state index contributed by atoms with van der Waals surface area (Å²) in [7, 11) is 0. The molecule has 1 saturated carbocycles. The summed E-state index contributed by atoms with van der Waals surface area (Å²) in [4.78, 5) is 30.9. The maximum absolute atomic E-state index is 13.4. The van der Waals surface area contributed by atoms with Gasteiger partial charge in [0, 0.05) is 17.6 Å². The molecule has 1 aliphatic carbocycles. The van der Waals surface area contributed by atoms with Crippen molar-refractivity contribution < 1.29 is 19.7 Å². The summed E-state index contributed by atoms with van der Waals surface area (Å²) < 4.78 is 15.0. The molecule has 11 nitrogen and oxygen atoms in total. The second kappa shape index (κ2) is 8.97. The summed E-state index contributed by atoms with van der Waals surface area (Å²) in [5.74, 6) is 1.43. The molecule has 2 atom stereocenters. The number of hydrogen-bond donors (Lipinski definition) is 3. The van der Waals surface area contributed by atoms with E-state index in [0.717, 1.165) is 17.4 Å². The average Bonchev–Trinajstić information content (AvgIpc) is 3.52. The Morgan fingerprint density at radius 3 is 2.62 bits per heavy atom. The van der Waals surface area contributed by atoms with Crippen molar-refractivity contribution in [2.75, 3.05) is 18.7 Å². The first-order valence-corrected chi connectivity index (χ1v) is 11.7. The van der Waals surface area contributed by atoms with Crippen molar-refractivity contribution in [3.05, 3.63) is 43.6 Å². The number of benzene rings is 1. The minimum absolute atomic E-state index is 0.0110. The Bertz CT molecular complexity index is 1360. The van der Waals surface area contributed by atoms with Gasteiger partial charge in [0.2, 0.25) is 12.7 Å². The quantitative estimate of drug-likeness (QED) is 0.448. The van der Waals surface area contributed by atoms with Crippen LogP contribution < -0.4 is 26.0 Å². The van der Waals surface area contributed by atoms with Crippen LogP contribution in [-0.4, -0.2) is 54.4 Å². The van der Waals surface area contributed by atoms with Crippen LogP contribution in [0, 0.1) is 0 Å². The van der Waals surface area contributed by atoms with Crippen molar-refractivity contribution in [2.24, 2.45) is 0 Å². The number of hydrogen-bond acceptors (Lipinski definition) is 8. The number of halogens is 1. The van der Waals surface area contributed by atoms with Crippen molar-refractivity contribution in [1.82, 2.24) is 18.7 Å². The number of ether oxygens (including phenoxy) is 2. The fraction of sp³-hybridized carbons (Fsp3) is 0.500. The molecule has 182 valence electrons. The second-order valence-electron chi connectivity index (χ2n) is 8.45. The van der Waals surface area contributed by atoms with Gasteiger partial charge in [-0.3, -0.25) is 18.5 Å². The number of anilines is 1. The van der Waals surface area contributed by atoms with Gasteiger partial charge in [0.25, 0.3) is 5.56 Å². The lowest BCUT2D eigenvalue weighted by Crippen LogP contribution is -2.40.